The van der Waals surface area contributed by atoms with E-state index < -0.39 is 0 Å². The van der Waals surface area contributed by atoms with Crippen LogP contribution >= 0.6 is 11.8 Å². The quantitative estimate of drug-likeness (QED) is 0.699. The van der Waals surface area contributed by atoms with Crippen LogP contribution in [0.4, 0.5) is 0 Å². The number of hydrogen-bond donors (Lipinski definition) is 1. The van der Waals surface area contributed by atoms with E-state index in [0.29, 0.717) is 6.42 Å². The van der Waals surface area contributed by atoms with Crippen LogP contribution in [0.25, 0.3) is 0 Å². The van der Waals surface area contributed by atoms with E-state index in [4.69, 9.17) is 9.84 Å². The zero-order valence-corrected chi connectivity index (χ0v) is 11.5. The molecule has 0 unspecified atom stereocenters. The molecule has 0 aliphatic heterocycles. The maximum absolute atomic E-state index is 10.9. The highest BCUT2D eigenvalue weighted by atomic mass is 32.2. The Morgan fingerprint density at radius 2 is 2.00 bits per heavy atom. The smallest absolute Gasteiger partial charge is 0.158 e. The van der Waals surface area contributed by atoms with Crippen LogP contribution < -0.4 is 4.74 Å². The van der Waals surface area contributed by atoms with Gasteiger partial charge in [-0.15, -0.1) is 0 Å². The lowest BCUT2D eigenvalue weighted by atomic mass is 10.2. The number of Topliss-reactive ketones (excluding diaryl/α,β-unsaturated/α-hetero) is 1. The van der Waals surface area contributed by atoms with Crippen molar-refractivity contribution in [3.63, 3.8) is 0 Å². The van der Waals surface area contributed by atoms with Crippen molar-refractivity contribution in [1.29, 1.82) is 0 Å². The van der Waals surface area contributed by atoms with Gasteiger partial charge in [0.1, 0.15) is 12.4 Å². The second-order valence-electron chi connectivity index (χ2n) is 4.05. The summed E-state index contributed by atoms with van der Waals surface area (Å²) in [6.45, 7) is -0.320. The van der Waals surface area contributed by atoms with E-state index in [9.17, 15) is 4.79 Å². The van der Waals surface area contributed by atoms with Crippen molar-refractivity contribution in [2.45, 2.75) is 25.0 Å². The molecule has 0 saturated heterocycles. The summed E-state index contributed by atoms with van der Waals surface area (Å²) >= 11 is 1.86. The van der Waals surface area contributed by atoms with Crippen molar-refractivity contribution < 1.29 is 14.6 Å². The lowest BCUT2D eigenvalue weighted by molar-refractivity contribution is -0.121. The summed E-state index contributed by atoms with van der Waals surface area (Å²) in [5.74, 6) is 2.85. The van der Waals surface area contributed by atoms with Crippen molar-refractivity contribution in [2.24, 2.45) is 0 Å². The number of unbranched alkanes of at least 4 members (excludes halogenated alkanes) is 1. The summed E-state index contributed by atoms with van der Waals surface area (Å²) < 4.78 is 5.10. The fraction of sp³-hybridized carbons (Fsp3) is 0.500. The maximum atomic E-state index is 10.9. The molecule has 1 aromatic carbocycles. The summed E-state index contributed by atoms with van der Waals surface area (Å²) in [6, 6.07) is 8.08. The van der Waals surface area contributed by atoms with Crippen LogP contribution in [0.1, 0.15) is 24.8 Å². The van der Waals surface area contributed by atoms with Gasteiger partial charge in [-0.2, -0.15) is 11.8 Å². The minimum absolute atomic E-state index is 0.0600. The first-order chi connectivity index (χ1) is 8.76. The third kappa shape index (κ3) is 6.07. The first-order valence-corrected chi connectivity index (χ1v) is 7.25. The average molecular weight is 268 g/mol. The molecule has 0 amide bonds. The van der Waals surface area contributed by atoms with E-state index in [-0.39, 0.29) is 12.4 Å². The molecule has 4 heteroatoms. The van der Waals surface area contributed by atoms with E-state index in [1.165, 1.54) is 5.56 Å². The largest absolute Gasteiger partial charge is 0.497 e. The Labute approximate surface area is 113 Å². The van der Waals surface area contributed by atoms with Crippen LogP contribution in [-0.4, -0.2) is 30.4 Å². The molecular formula is C14H20O3S. The van der Waals surface area contributed by atoms with Gasteiger partial charge in [-0.3, -0.25) is 4.79 Å². The highest BCUT2D eigenvalue weighted by molar-refractivity contribution is 7.98. The summed E-state index contributed by atoms with van der Waals surface area (Å²) in [5.41, 5.74) is 1.28. The Kier molecular flexibility index (Phi) is 7.53. The number of aliphatic hydroxyl groups is 1. The SMILES string of the molecule is COc1ccc(CSCCCCC(=O)CO)cc1. The molecule has 1 N–H and O–H groups in total. The van der Waals surface area contributed by atoms with Gasteiger partial charge in [0, 0.05) is 12.2 Å². The number of ether oxygens (including phenoxy) is 1. The number of carbonyl (C=O) groups is 1. The molecule has 1 rings (SSSR count). The first-order valence-electron chi connectivity index (χ1n) is 6.09. The van der Waals surface area contributed by atoms with Crippen molar-refractivity contribution in [3.05, 3.63) is 29.8 Å². The Hall–Kier alpha value is -1.00. The number of rotatable bonds is 9. The van der Waals surface area contributed by atoms with Crippen molar-refractivity contribution in [2.75, 3.05) is 19.5 Å². The Morgan fingerprint density at radius 1 is 1.28 bits per heavy atom. The monoisotopic (exact) mass is 268 g/mol. The molecule has 0 heterocycles. The number of ketones is 1. The lowest BCUT2D eigenvalue weighted by Gasteiger charge is -2.03. The van der Waals surface area contributed by atoms with Crippen LogP contribution in [0.3, 0.4) is 0 Å². The normalized spacial score (nSPS) is 10.3. The molecule has 100 valence electrons. The van der Waals surface area contributed by atoms with Crippen LogP contribution in [-0.2, 0) is 10.5 Å². The van der Waals surface area contributed by atoms with Gasteiger partial charge in [0.25, 0.3) is 0 Å². The molecule has 0 aromatic heterocycles. The molecule has 18 heavy (non-hydrogen) atoms. The van der Waals surface area contributed by atoms with Gasteiger partial charge < -0.3 is 9.84 Å². The van der Waals surface area contributed by atoms with Crippen LogP contribution in [0.15, 0.2) is 24.3 Å². The highest BCUT2D eigenvalue weighted by Gasteiger charge is 1.99. The number of benzene rings is 1. The minimum atomic E-state index is -0.320. The molecule has 0 bridgehead atoms. The average Bonchev–Trinajstić information content (AvgIpc) is 2.43. The molecule has 0 fully saturated rings. The van der Waals surface area contributed by atoms with Crippen LogP contribution in [0.2, 0.25) is 0 Å². The van der Waals surface area contributed by atoms with Gasteiger partial charge >= 0.3 is 0 Å². The summed E-state index contributed by atoms with van der Waals surface area (Å²) in [7, 11) is 1.66. The third-order valence-electron chi connectivity index (χ3n) is 2.60. The van der Waals surface area contributed by atoms with Gasteiger partial charge in [0.15, 0.2) is 5.78 Å². The molecule has 3 nitrogen and oxygen atoms in total. The van der Waals surface area contributed by atoms with Gasteiger partial charge in [-0.25, -0.2) is 0 Å². The predicted molar refractivity (Wildman–Crippen MR) is 75.1 cm³/mol. The molecule has 0 spiro atoms. The highest BCUT2D eigenvalue weighted by Crippen LogP contribution is 2.17. The fourth-order valence-electron chi connectivity index (χ4n) is 1.52. The molecule has 0 radical (unpaired) electrons. The summed E-state index contributed by atoms with van der Waals surface area (Å²) in [6.07, 6.45) is 2.39. The zero-order chi connectivity index (χ0) is 13.2. The minimum Gasteiger partial charge on any atom is -0.497 e. The van der Waals surface area contributed by atoms with E-state index >= 15 is 0 Å². The predicted octanol–water partition coefficient (Wildman–Crippen LogP) is 2.66. The Bertz CT molecular complexity index is 349. The van der Waals surface area contributed by atoms with Gasteiger partial charge in [0.2, 0.25) is 0 Å². The standard InChI is InChI=1S/C14H20O3S/c1-17-14-7-5-12(6-8-14)11-18-9-3-2-4-13(16)10-15/h5-8,15H,2-4,9-11H2,1H3. The number of hydrogen-bond acceptors (Lipinski definition) is 4. The van der Waals surface area contributed by atoms with Crippen LogP contribution in [0, 0.1) is 0 Å². The Balaban J connectivity index is 2.08. The van der Waals surface area contributed by atoms with Gasteiger partial charge in [-0.05, 0) is 36.3 Å². The van der Waals surface area contributed by atoms with E-state index in [1.807, 2.05) is 23.9 Å². The molecule has 0 aliphatic rings. The van der Waals surface area contributed by atoms with Gasteiger partial charge in [-0.1, -0.05) is 12.1 Å². The van der Waals surface area contributed by atoms with Crippen LogP contribution in [0.5, 0.6) is 5.75 Å². The van der Waals surface area contributed by atoms with E-state index in [0.717, 1.165) is 30.1 Å². The molecule has 1 aromatic rings. The molecule has 0 saturated carbocycles. The second kappa shape index (κ2) is 9.00. The molecular weight excluding hydrogens is 248 g/mol. The topological polar surface area (TPSA) is 46.5 Å². The lowest BCUT2D eigenvalue weighted by Crippen LogP contribution is -2.02. The zero-order valence-electron chi connectivity index (χ0n) is 10.7. The molecule has 0 atom stereocenters. The summed E-state index contributed by atoms with van der Waals surface area (Å²) in [4.78, 5) is 10.9. The molecule has 0 aliphatic carbocycles. The third-order valence-corrected chi connectivity index (χ3v) is 3.71. The van der Waals surface area contributed by atoms with Crippen molar-refractivity contribution >= 4 is 17.5 Å². The van der Waals surface area contributed by atoms with Gasteiger partial charge in [0.05, 0.1) is 7.11 Å². The number of aliphatic hydroxyl groups excluding tert-OH is 1. The second-order valence-corrected chi connectivity index (χ2v) is 5.16. The first kappa shape index (κ1) is 15.1. The number of methoxy groups -OCH3 is 1. The Morgan fingerprint density at radius 3 is 2.61 bits per heavy atom. The van der Waals surface area contributed by atoms with E-state index in [1.54, 1.807) is 7.11 Å². The van der Waals surface area contributed by atoms with Crippen molar-refractivity contribution in [1.82, 2.24) is 0 Å². The number of thioether (sulfide) groups is 1. The number of carbonyl (C=O) groups excluding carboxylic acids is 1. The van der Waals surface area contributed by atoms with Crippen molar-refractivity contribution in [3.8, 4) is 5.75 Å². The van der Waals surface area contributed by atoms with E-state index in [2.05, 4.69) is 12.1 Å². The fourth-order valence-corrected chi connectivity index (χ4v) is 2.50. The maximum Gasteiger partial charge on any atom is 0.158 e. The summed E-state index contributed by atoms with van der Waals surface area (Å²) in [5, 5.41) is 8.56.